The minimum Gasteiger partial charge on any atom is -0.481 e. The fourth-order valence-electron chi connectivity index (χ4n) is 1.10. The van der Waals surface area contributed by atoms with Crippen molar-refractivity contribution in [1.29, 1.82) is 0 Å². The van der Waals surface area contributed by atoms with Crippen LogP contribution in [0.5, 0.6) is 5.88 Å². The number of ether oxygens (including phenoxy) is 2. The summed E-state index contributed by atoms with van der Waals surface area (Å²) >= 11 is 0. The van der Waals surface area contributed by atoms with Gasteiger partial charge in [-0.3, -0.25) is 0 Å². The highest BCUT2D eigenvalue weighted by Gasteiger charge is 1.99. The number of pyridine rings is 1. The molecule has 1 aromatic heterocycles. The maximum Gasteiger partial charge on any atom is 0.406 e. The van der Waals surface area contributed by atoms with E-state index in [1.165, 1.54) is 7.11 Å². The van der Waals surface area contributed by atoms with Crippen LogP contribution in [0.3, 0.4) is 0 Å². The Bertz CT molecular complexity index is 328. The van der Waals surface area contributed by atoms with Gasteiger partial charge in [-0.05, 0) is 18.1 Å². The van der Waals surface area contributed by atoms with Crippen molar-refractivity contribution < 1.29 is 14.3 Å². The average molecular weight is 210 g/mol. The van der Waals surface area contributed by atoms with Crippen molar-refractivity contribution >= 4 is 6.09 Å². The molecule has 1 amide bonds. The van der Waals surface area contributed by atoms with E-state index in [4.69, 9.17) is 4.74 Å². The maximum absolute atomic E-state index is 10.8. The normalized spacial score (nSPS) is 9.47. The van der Waals surface area contributed by atoms with Gasteiger partial charge in [-0.15, -0.1) is 0 Å². The molecule has 15 heavy (non-hydrogen) atoms. The van der Waals surface area contributed by atoms with E-state index in [0.29, 0.717) is 18.8 Å². The Morgan fingerprint density at radius 1 is 1.53 bits per heavy atom. The third kappa shape index (κ3) is 3.84. The number of nitrogens with one attached hydrogen (secondary N) is 1. The molecule has 1 heterocycles. The zero-order valence-electron chi connectivity index (χ0n) is 8.82. The number of nitrogens with zero attached hydrogens (tertiary/aromatic N) is 1. The van der Waals surface area contributed by atoms with E-state index in [2.05, 4.69) is 15.0 Å². The Hall–Kier alpha value is -1.78. The van der Waals surface area contributed by atoms with Crippen LogP contribution in [0.1, 0.15) is 5.56 Å². The number of methoxy groups -OCH3 is 2. The molecule has 0 unspecified atom stereocenters. The highest BCUT2D eigenvalue weighted by atomic mass is 16.5. The lowest BCUT2D eigenvalue weighted by atomic mass is 10.2. The lowest BCUT2D eigenvalue weighted by Crippen LogP contribution is -2.25. The Labute approximate surface area is 88.4 Å². The number of amides is 1. The Morgan fingerprint density at radius 2 is 2.33 bits per heavy atom. The van der Waals surface area contributed by atoms with Crippen molar-refractivity contribution in [3.05, 3.63) is 23.9 Å². The summed E-state index contributed by atoms with van der Waals surface area (Å²) in [6, 6.07) is 3.71. The molecule has 0 fully saturated rings. The second kappa shape index (κ2) is 5.85. The molecule has 0 aromatic carbocycles. The van der Waals surface area contributed by atoms with Crippen LogP contribution in [0, 0.1) is 0 Å². The Kier molecular flexibility index (Phi) is 4.40. The Balaban J connectivity index is 2.40. The average Bonchev–Trinajstić information content (AvgIpc) is 2.29. The standard InChI is InChI=1S/C10H14N2O3/c1-14-9-7-8(3-5-11-9)4-6-12-10(13)15-2/h3,5,7H,4,6H2,1-2H3,(H,12,13). The third-order valence-corrected chi connectivity index (χ3v) is 1.88. The molecule has 0 aliphatic heterocycles. The smallest absolute Gasteiger partial charge is 0.406 e. The summed E-state index contributed by atoms with van der Waals surface area (Å²) in [5.41, 5.74) is 1.05. The molecule has 0 saturated heterocycles. The maximum atomic E-state index is 10.8. The highest BCUT2D eigenvalue weighted by molar-refractivity contribution is 5.66. The van der Waals surface area contributed by atoms with Crippen molar-refractivity contribution in [2.24, 2.45) is 0 Å². The summed E-state index contributed by atoms with van der Waals surface area (Å²) < 4.78 is 9.43. The summed E-state index contributed by atoms with van der Waals surface area (Å²) in [6.45, 7) is 0.528. The molecule has 5 nitrogen and oxygen atoms in total. The van der Waals surface area contributed by atoms with Crippen molar-refractivity contribution in [3.8, 4) is 5.88 Å². The molecule has 0 atom stereocenters. The molecule has 0 aliphatic rings. The number of aromatic nitrogens is 1. The first kappa shape index (κ1) is 11.3. The number of hydrogen-bond donors (Lipinski definition) is 1. The van der Waals surface area contributed by atoms with E-state index in [1.54, 1.807) is 13.3 Å². The highest BCUT2D eigenvalue weighted by Crippen LogP contribution is 2.08. The van der Waals surface area contributed by atoms with Gasteiger partial charge in [-0.2, -0.15) is 0 Å². The number of hydrogen-bond acceptors (Lipinski definition) is 4. The molecule has 5 heteroatoms. The molecule has 0 spiro atoms. The van der Waals surface area contributed by atoms with Crippen LogP contribution in [-0.4, -0.2) is 31.8 Å². The molecular weight excluding hydrogens is 196 g/mol. The first-order chi connectivity index (χ1) is 7.26. The zero-order chi connectivity index (χ0) is 11.1. The van der Waals surface area contributed by atoms with Gasteiger partial charge in [0.25, 0.3) is 0 Å². The first-order valence-electron chi connectivity index (χ1n) is 4.57. The van der Waals surface area contributed by atoms with Gasteiger partial charge in [-0.1, -0.05) is 0 Å². The quantitative estimate of drug-likeness (QED) is 0.805. The van der Waals surface area contributed by atoms with Crippen LogP contribution in [0.4, 0.5) is 4.79 Å². The predicted octanol–water partition coefficient (Wildman–Crippen LogP) is 0.989. The largest absolute Gasteiger partial charge is 0.481 e. The summed E-state index contributed by atoms with van der Waals surface area (Å²) in [4.78, 5) is 14.7. The zero-order valence-corrected chi connectivity index (χ0v) is 8.82. The van der Waals surface area contributed by atoms with Gasteiger partial charge in [0.2, 0.25) is 5.88 Å². The van der Waals surface area contributed by atoms with Crippen molar-refractivity contribution in [1.82, 2.24) is 10.3 Å². The SMILES string of the molecule is COC(=O)NCCc1ccnc(OC)c1. The van der Waals surface area contributed by atoms with Gasteiger partial charge in [0.15, 0.2) is 0 Å². The molecule has 0 saturated carbocycles. The van der Waals surface area contributed by atoms with Gasteiger partial charge >= 0.3 is 6.09 Å². The fourth-order valence-corrected chi connectivity index (χ4v) is 1.10. The molecule has 1 rings (SSSR count). The number of carbonyl (C=O) groups is 1. The summed E-state index contributed by atoms with van der Waals surface area (Å²) in [7, 11) is 2.91. The summed E-state index contributed by atoms with van der Waals surface area (Å²) in [6.07, 6.45) is 1.97. The minimum absolute atomic E-state index is 0.420. The van der Waals surface area contributed by atoms with Gasteiger partial charge in [0.1, 0.15) is 0 Å². The molecule has 0 aliphatic carbocycles. The van der Waals surface area contributed by atoms with E-state index < -0.39 is 6.09 Å². The lowest BCUT2D eigenvalue weighted by Gasteiger charge is -2.04. The van der Waals surface area contributed by atoms with Crippen LogP contribution >= 0.6 is 0 Å². The van der Waals surface area contributed by atoms with E-state index in [-0.39, 0.29) is 0 Å². The van der Waals surface area contributed by atoms with E-state index in [1.807, 2.05) is 12.1 Å². The molecular formula is C10H14N2O3. The van der Waals surface area contributed by atoms with Crippen molar-refractivity contribution in [2.45, 2.75) is 6.42 Å². The van der Waals surface area contributed by atoms with Crippen molar-refractivity contribution in [3.63, 3.8) is 0 Å². The van der Waals surface area contributed by atoms with Crippen LogP contribution in [0.15, 0.2) is 18.3 Å². The number of rotatable bonds is 4. The fraction of sp³-hybridized carbons (Fsp3) is 0.400. The molecule has 1 N–H and O–H groups in total. The Morgan fingerprint density at radius 3 is 3.00 bits per heavy atom. The van der Waals surface area contributed by atoms with Gasteiger partial charge < -0.3 is 14.8 Å². The molecule has 0 bridgehead atoms. The first-order valence-corrected chi connectivity index (χ1v) is 4.57. The van der Waals surface area contributed by atoms with E-state index >= 15 is 0 Å². The van der Waals surface area contributed by atoms with Gasteiger partial charge in [-0.25, -0.2) is 9.78 Å². The van der Waals surface area contributed by atoms with Crippen LogP contribution in [0.2, 0.25) is 0 Å². The monoisotopic (exact) mass is 210 g/mol. The van der Waals surface area contributed by atoms with Gasteiger partial charge in [0, 0.05) is 18.8 Å². The third-order valence-electron chi connectivity index (χ3n) is 1.88. The second-order valence-electron chi connectivity index (χ2n) is 2.87. The predicted molar refractivity (Wildman–Crippen MR) is 54.9 cm³/mol. The minimum atomic E-state index is -0.420. The topological polar surface area (TPSA) is 60.5 Å². The van der Waals surface area contributed by atoms with E-state index in [9.17, 15) is 4.79 Å². The van der Waals surface area contributed by atoms with Crippen LogP contribution < -0.4 is 10.1 Å². The molecule has 1 aromatic rings. The number of carbonyl (C=O) groups excluding carboxylic acids is 1. The summed E-state index contributed by atoms with van der Waals surface area (Å²) in [5, 5.41) is 2.60. The van der Waals surface area contributed by atoms with Crippen LogP contribution in [0.25, 0.3) is 0 Å². The van der Waals surface area contributed by atoms with E-state index in [0.717, 1.165) is 5.56 Å². The molecule has 82 valence electrons. The van der Waals surface area contributed by atoms with Gasteiger partial charge in [0.05, 0.1) is 14.2 Å². The number of alkyl carbamates (subject to hydrolysis) is 1. The molecule has 0 radical (unpaired) electrons. The second-order valence-corrected chi connectivity index (χ2v) is 2.87. The lowest BCUT2D eigenvalue weighted by molar-refractivity contribution is 0.171. The summed E-state index contributed by atoms with van der Waals surface area (Å²) in [5.74, 6) is 0.575. The van der Waals surface area contributed by atoms with Crippen molar-refractivity contribution in [2.75, 3.05) is 20.8 Å². The van der Waals surface area contributed by atoms with Crippen LogP contribution in [-0.2, 0) is 11.2 Å².